The van der Waals surface area contributed by atoms with Gasteiger partial charge in [-0.25, -0.2) is 4.58 Å². The van der Waals surface area contributed by atoms with Gasteiger partial charge in [0.1, 0.15) is 7.05 Å². The molecule has 12 heavy (non-hydrogen) atoms. The molecule has 1 aliphatic rings. The molecule has 0 unspecified atom stereocenters. The van der Waals surface area contributed by atoms with Gasteiger partial charge in [0.2, 0.25) is 5.69 Å². The molecule has 0 saturated heterocycles. The van der Waals surface area contributed by atoms with Gasteiger partial charge < -0.3 is 6.92 Å². The van der Waals surface area contributed by atoms with Crippen LogP contribution in [-0.2, 0) is 6.42 Å². The first-order valence-electron chi connectivity index (χ1n) is 3.78. The van der Waals surface area contributed by atoms with Crippen LogP contribution in [0.1, 0.15) is 5.56 Å². The molecule has 0 N–H and O–H groups in total. The van der Waals surface area contributed by atoms with Crippen LogP contribution in [0.2, 0.25) is 0 Å². The van der Waals surface area contributed by atoms with E-state index in [2.05, 4.69) is 42.8 Å². The van der Waals surface area contributed by atoms with E-state index < -0.39 is 0 Å². The molecular formula is C10H11NRb+. The summed E-state index contributed by atoms with van der Waals surface area (Å²) in [4.78, 5) is 0. The number of rotatable bonds is 0. The Morgan fingerprint density at radius 1 is 1.33 bits per heavy atom. The molecule has 1 nitrogen and oxygen atoms in total. The summed E-state index contributed by atoms with van der Waals surface area (Å²) in [6.07, 6.45) is 1.01. The molecule has 1 aromatic rings. The largest absolute Gasteiger partial charge is 1.00 e. The number of benzene rings is 1. The predicted molar refractivity (Wildman–Crippen MR) is 46.4 cm³/mol. The van der Waals surface area contributed by atoms with Gasteiger partial charge in [-0.15, -0.1) is 0 Å². The van der Waals surface area contributed by atoms with Crippen LogP contribution in [0.5, 0.6) is 0 Å². The number of nitrogens with zero attached hydrogens (tertiary/aromatic N) is 1. The second-order valence-corrected chi connectivity index (χ2v) is 2.93. The molecule has 0 saturated carbocycles. The fourth-order valence-corrected chi connectivity index (χ4v) is 1.50. The van der Waals surface area contributed by atoms with E-state index >= 15 is 0 Å². The first-order chi connectivity index (χ1) is 5.29. The van der Waals surface area contributed by atoms with E-state index in [0.717, 1.165) is 6.42 Å². The summed E-state index contributed by atoms with van der Waals surface area (Å²) in [6.45, 7) is 3.98. The molecule has 0 radical (unpaired) electrons. The topological polar surface area (TPSA) is 3.01 Å². The van der Waals surface area contributed by atoms with Crippen LogP contribution in [0, 0.1) is 6.92 Å². The van der Waals surface area contributed by atoms with Gasteiger partial charge in [0, 0.05) is 23.8 Å². The van der Waals surface area contributed by atoms with E-state index in [1.807, 2.05) is 0 Å². The Hall–Kier alpha value is 0.565. The van der Waals surface area contributed by atoms with E-state index in [1.54, 1.807) is 0 Å². The summed E-state index contributed by atoms with van der Waals surface area (Å²) in [6, 6.07) is 8.43. The van der Waals surface area contributed by atoms with Crippen LogP contribution < -0.4 is 58.2 Å². The van der Waals surface area contributed by atoms with Gasteiger partial charge in [-0.05, 0) is 0 Å². The summed E-state index contributed by atoms with van der Waals surface area (Å²) in [5.74, 6) is 0. The van der Waals surface area contributed by atoms with Gasteiger partial charge >= 0.3 is 58.2 Å². The molecular weight excluding hydrogens is 220 g/mol. The molecule has 0 fully saturated rings. The molecule has 1 heterocycles. The van der Waals surface area contributed by atoms with Crippen molar-refractivity contribution in [1.82, 2.24) is 0 Å². The number of fused-ring (bicyclic) bond motifs is 1. The van der Waals surface area contributed by atoms with E-state index in [0.29, 0.717) is 0 Å². The van der Waals surface area contributed by atoms with Crippen molar-refractivity contribution in [2.75, 3.05) is 7.05 Å². The van der Waals surface area contributed by atoms with Crippen molar-refractivity contribution in [3.05, 3.63) is 36.8 Å². The zero-order chi connectivity index (χ0) is 7.84. The third-order valence-corrected chi connectivity index (χ3v) is 2.22. The first-order valence-corrected chi connectivity index (χ1v) is 3.78. The fraction of sp³-hybridized carbons (Fsp3) is 0.200. The molecule has 0 atom stereocenters. The Kier molecular flexibility index (Phi) is 3.71. The van der Waals surface area contributed by atoms with Crippen molar-refractivity contribution >= 4 is 11.4 Å². The van der Waals surface area contributed by atoms with Gasteiger partial charge in [0.15, 0.2) is 0 Å². The normalized spacial score (nSPS) is 14.1. The Balaban J connectivity index is 0.000000720. The Morgan fingerprint density at radius 3 is 2.67 bits per heavy atom. The van der Waals surface area contributed by atoms with Crippen LogP contribution in [0.3, 0.4) is 0 Å². The molecule has 0 amide bonds. The molecule has 0 aliphatic carbocycles. The van der Waals surface area contributed by atoms with Crippen LogP contribution in [0.4, 0.5) is 5.69 Å². The standard InChI is InChI=1S/C10H11N.Rb/c1-8-7-9-5-3-4-6-10(9)11(8)2;/h3-6H,1,7H2,2H3;/q;+1. The Labute approximate surface area is 122 Å². The van der Waals surface area contributed by atoms with E-state index in [1.165, 1.54) is 17.0 Å². The number of hydrogen-bond donors (Lipinski definition) is 0. The van der Waals surface area contributed by atoms with Gasteiger partial charge in [0.05, 0.1) is 0 Å². The summed E-state index contributed by atoms with van der Waals surface area (Å²) < 4.78 is 2.15. The molecule has 2 rings (SSSR count). The van der Waals surface area contributed by atoms with Crippen molar-refractivity contribution in [3.63, 3.8) is 0 Å². The second-order valence-electron chi connectivity index (χ2n) is 2.93. The Morgan fingerprint density at radius 2 is 2.00 bits per heavy atom. The van der Waals surface area contributed by atoms with Crippen molar-refractivity contribution < 1.29 is 62.8 Å². The van der Waals surface area contributed by atoms with Crippen LogP contribution >= 0.6 is 0 Å². The zero-order valence-electron chi connectivity index (χ0n) is 7.67. The minimum absolute atomic E-state index is 0. The molecule has 0 spiro atoms. The summed E-state index contributed by atoms with van der Waals surface area (Å²) in [5.41, 5.74) is 3.88. The first kappa shape index (κ1) is 10.6. The fourth-order valence-electron chi connectivity index (χ4n) is 1.50. The molecule has 1 aromatic carbocycles. The van der Waals surface area contributed by atoms with E-state index in [4.69, 9.17) is 0 Å². The molecule has 56 valence electrons. The van der Waals surface area contributed by atoms with Gasteiger partial charge in [-0.3, -0.25) is 0 Å². The van der Waals surface area contributed by atoms with Gasteiger partial charge in [-0.2, -0.15) is 0 Å². The van der Waals surface area contributed by atoms with Gasteiger partial charge in [-0.1, -0.05) is 18.2 Å². The van der Waals surface area contributed by atoms with E-state index in [9.17, 15) is 0 Å². The summed E-state index contributed by atoms with van der Waals surface area (Å²) in [7, 11) is 2.06. The van der Waals surface area contributed by atoms with E-state index in [-0.39, 0.29) is 58.2 Å². The monoisotopic (exact) mass is 230 g/mol. The molecule has 0 bridgehead atoms. The van der Waals surface area contributed by atoms with Crippen molar-refractivity contribution in [2.24, 2.45) is 0 Å². The third-order valence-electron chi connectivity index (χ3n) is 2.22. The predicted octanol–water partition coefficient (Wildman–Crippen LogP) is -1.20. The second kappa shape index (κ2) is 4.18. The molecule has 0 aromatic heterocycles. The SMILES string of the molecule is [CH2-]C1=[N+](C)c2ccccc2C1.[Rb+]. The van der Waals surface area contributed by atoms with Crippen LogP contribution in [-0.4, -0.2) is 17.3 Å². The molecule has 2 heteroatoms. The minimum atomic E-state index is 0. The van der Waals surface area contributed by atoms with Crippen molar-refractivity contribution in [3.8, 4) is 0 Å². The van der Waals surface area contributed by atoms with Gasteiger partial charge in [0.25, 0.3) is 0 Å². The maximum atomic E-state index is 3.98. The number of hydrogen-bond acceptors (Lipinski definition) is 0. The van der Waals surface area contributed by atoms with Crippen LogP contribution in [0.25, 0.3) is 0 Å². The summed E-state index contributed by atoms with van der Waals surface area (Å²) >= 11 is 0. The summed E-state index contributed by atoms with van der Waals surface area (Å²) in [5, 5.41) is 0. The minimum Gasteiger partial charge on any atom is -0.316 e. The maximum absolute atomic E-state index is 3.98. The smallest absolute Gasteiger partial charge is 0.316 e. The third kappa shape index (κ3) is 1.74. The quantitative estimate of drug-likeness (QED) is 0.389. The maximum Gasteiger partial charge on any atom is 1.00 e. The van der Waals surface area contributed by atoms with Crippen LogP contribution in [0.15, 0.2) is 24.3 Å². The van der Waals surface area contributed by atoms with Crippen molar-refractivity contribution in [2.45, 2.75) is 6.42 Å². The average Bonchev–Trinajstić information content (AvgIpc) is 2.30. The zero-order valence-corrected chi connectivity index (χ0v) is 12.6. The van der Waals surface area contributed by atoms with Crippen molar-refractivity contribution in [1.29, 1.82) is 0 Å². The molecule has 1 aliphatic heterocycles. The number of para-hydroxylation sites is 1. The average molecular weight is 231 g/mol. The Bertz CT molecular complexity index is 328.